The molecule has 2 aliphatic carbocycles. The summed E-state index contributed by atoms with van der Waals surface area (Å²) < 4.78 is 1.86. The molecule has 1 unspecified atom stereocenters. The van der Waals surface area contributed by atoms with E-state index in [2.05, 4.69) is 119 Å². The van der Waals surface area contributed by atoms with Gasteiger partial charge in [0.1, 0.15) is 0 Å². The topological polar surface area (TPSA) is 0 Å². The van der Waals surface area contributed by atoms with Gasteiger partial charge in [-0.1, -0.05) is 0 Å². The summed E-state index contributed by atoms with van der Waals surface area (Å²) in [5.74, 6) is 0. The van der Waals surface area contributed by atoms with E-state index in [1.54, 1.807) is 3.87 Å². The SMILES string of the molecule is Cc1cc(C)c(-c2ccc3c(c2)-c2cc(-c4c(C)cc(C)cc4C)c[c]([Ti]([CH3])([CH3])[CH]4C=Cc5c(Cl)ccc(Cl)c54)c2C3)c(C)c1. The zero-order valence-electron chi connectivity index (χ0n) is 27.5. The molecular formula is C42H40Cl2Ti. The molecule has 226 valence electrons. The first-order chi connectivity index (χ1) is 21.3. The Hall–Kier alpha value is -2.87. The van der Waals surface area contributed by atoms with E-state index in [1.165, 1.54) is 83.5 Å². The van der Waals surface area contributed by atoms with Gasteiger partial charge in [0, 0.05) is 0 Å². The normalized spacial score (nSPS) is 14.9. The molecule has 0 nitrogen and oxygen atoms in total. The van der Waals surface area contributed by atoms with Crippen LogP contribution in [0.25, 0.3) is 39.5 Å². The van der Waals surface area contributed by atoms with Crippen LogP contribution in [0, 0.1) is 41.5 Å². The van der Waals surface area contributed by atoms with Crippen LogP contribution in [0.3, 0.4) is 0 Å². The van der Waals surface area contributed by atoms with Crippen molar-refractivity contribution >= 4 is 33.1 Å². The van der Waals surface area contributed by atoms with E-state index in [0.717, 1.165) is 22.0 Å². The number of hydrogen-bond acceptors (Lipinski definition) is 0. The number of halogens is 2. The summed E-state index contributed by atoms with van der Waals surface area (Å²) in [4.78, 5) is 0. The number of allylic oxidation sites excluding steroid dienone is 1. The number of benzene rings is 5. The second-order valence-electron chi connectivity index (χ2n) is 14.1. The molecule has 0 saturated carbocycles. The molecule has 0 spiro atoms. The molecule has 5 aromatic carbocycles. The van der Waals surface area contributed by atoms with Crippen LogP contribution >= 0.6 is 23.2 Å². The predicted molar refractivity (Wildman–Crippen MR) is 194 cm³/mol. The van der Waals surface area contributed by atoms with Gasteiger partial charge in [0.15, 0.2) is 0 Å². The van der Waals surface area contributed by atoms with Gasteiger partial charge in [-0.05, 0) is 0 Å². The molecule has 0 bridgehead atoms. The van der Waals surface area contributed by atoms with Crippen LogP contribution in [0.5, 0.6) is 0 Å². The molecule has 7 rings (SSSR count). The number of aryl methyl sites for hydroxylation is 6. The van der Waals surface area contributed by atoms with E-state index in [1.807, 2.05) is 12.1 Å². The molecule has 2 aliphatic rings. The fourth-order valence-corrected chi connectivity index (χ4v) is 14.6. The standard InChI is InChI=1S/C31H29.C9H5Cl2.2CH3.Ti/c1-18-11-20(3)30(21(4)12-18)26-9-7-24-15-25-8-10-27(17-29(25)28(24)16-26)31-22(5)13-19(2)14-23(31)6;10-8-4-5-9(11)7-3-1-2-6(7)8;;;/h7,9-14,16-17H,15H2,1-6H3;1-5H;2*1H3;. The zero-order chi connectivity index (χ0) is 31.9. The van der Waals surface area contributed by atoms with Crippen molar-refractivity contribution < 1.29 is 16.6 Å². The summed E-state index contributed by atoms with van der Waals surface area (Å²) in [6.07, 6.45) is 5.58. The molecule has 0 aromatic heterocycles. The number of hydrogen-bond donors (Lipinski definition) is 0. The van der Waals surface area contributed by atoms with Gasteiger partial charge < -0.3 is 0 Å². The van der Waals surface area contributed by atoms with Gasteiger partial charge in [-0.2, -0.15) is 0 Å². The third kappa shape index (κ3) is 5.01. The van der Waals surface area contributed by atoms with Gasteiger partial charge in [-0.3, -0.25) is 0 Å². The number of rotatable bonds is 4. The third-order valence-electron chi connectivity index (χ3n) is 10.4. The van der Waals surface area contributed by atoms with E-state index < -0.39 is 16.6 Å². The molecule has 0 amide bonds. The van der Waals surface area contributed by atoms with Crippen LogP contribution in [-0.4, -0.2) is 0 Å². The van der Waals surface area contributed by atoms with Crippen LogP contribution in [0.1, 0.15) is 59.9 Å². The van der Waals surface area contributed by atoms with Crippen LogP contribution in [0.4, 0.5) is 0 Å². The van der Waals surface area contributed by atoms with Crippen molar-refractivity contribution in [2.75, 3.05) is 0 Å². The maximum atomic E-state index is 6.95. The second-order valence-corrected chi connectivity index (χ2v) is 22.1. The van der Waals surface area contributed by atoms with E-state index in [-0.39, 0.29) is 0 Å². The Labute approximate surface area is 282 Å². The van der Waals surface area contributed by atoms with Crippen molar-refractivity contribution in [3.63, 3.8) is 0 Å². The van der Waals surface area contributed by atoms with Crippen LogP contribution in [0.2, 0.25) is 20.5 Å². The Kier molecular flexibility index (Phi) is 7.61. The Bertz CT molecular complexity index is 2050. The average Bonchev–Trinajstić information content (AvgIpc) is 3.57. The van der Waals surface area contributed by atoms with Crippen molar-refractivity contribution in [1.82, 2.24) is 0 Å². The number of fused-ring (bicyclic) bond motifs is 4. The summed E-state index contributed by atoms with van der Waals surface area (Å²) in [5.41, 5.74) is 21.4. The molecule has 3 heteroatoms. The van der Waals surface area contributed by atoms with E-state index in [0.29, 0.717) is 4.22 Å². The van der Waals surface area contributed by atoms with Crippen molar-refractivity contribution in [2.24, 2.45) is 0 Å². The molecule has 0 N–H and O–H groups in total. The van der Waals surface area contributed by atoms with Crippen molar-refractivity contribution in [1.29, 1.82) is 0 Å². The van der Waals surface area contributed by atoms with Crippen molar-refractivity contribution in [3.8, 4) is 33.4 Å². The Morgan fingerprint density at radius 2 is 1.18 bits per heavy atom. The fourth-order valence-electron chi connectivity index (χ4n) is 8.55. The molecule has 0 radical (unpaired) electrons. The van der Waals surface area contributed by atoms with Gasteiger partial charge >= 0.3 is 284 Å². The Morgan fingerprint density at radius 3 is 1.80 bits per heavy atom. The monoisotopic (exact) mass is 662 g/mol. The first-order valence-corrected chi connectivity index (χ1v) is 21.5. The average molecular weight is 664 g/mol. The molecule has 0 aliphatic heterocycles. The van der Waals surface area contributed by atoms with Crippen molar-refractivity contribution in [3.05, 3.63) is 138 Å². The minimum absolute atomic E-state index is 0.294. The van der Waals surface area contributed by atoms with Crippen LogP contribution in [-0.2, 0) is 23.0 Å². The Balaban J connectivity index is 1.48. The predicted octanol–water partition coefficient (Wildman–Crippen LogP) is 12.4. The third-order valence-corrected chi connectivity index (χ3v) is 17.1. The quantitative estimate of drug-likeness (QED) is 0.165. The minimum atomic E-state index is -2.87. The van der Waals surface area contributed by atoms with E-state index >= 15 is 0 Å². The van der Waals surface area contributed by atoms with Crippen molar-refractivity contribution in [2.45, 2.75) is 62.6 Å². The van der Waals surface area contributed by atoms with Crippen LogP contribution < -0.4 is 3.87 Å². The molecule has 45 heavy (non-hydrogen) atoms. The maximum absolute atomic E-state index is 6.95. The van der Waals surface area contributed by atoms with Gasteiger partial charge in [-0.25, -0.2) is 0 Å². The first-order valence-electron chi connectivity index (χ1n) is 16.0. The molecular weight excluding hydrogens is 623 g/mol. The van der Waals surface area contributed by atoms with Gasteiger partial charge in [0.25, 0.3) is 0 Å². The van der Waals surface area contributed by atoms with E-state index in [9.17, 15) is 0 Å². The molecule has 1 atom stereocenters. The summed E-state index contributed by atoms with van der Waals surface area (Å²) in [6.45, 7) is 13.4. The summed E-state index contributed by atoms with van der Waals surface area (Å²) >= 11 is 10.8. The fraction of sp³-hybridized carbons (Fsp3) is 0.238. The molecule has 5 aromatic rings. The van der Waals surface area contributed by atoms with E-state index in [4.69, 9.17) is 23.2 Å². The zero-order valence-corrected chi connectivity index (χ0v) is 30.6. The van der Waals surface area contributed by atoms with Gasteiger partial charge in [0.05, 0.1) is 0 Å². The molecule has 0 fully saturated rings. The van der Waals surface area contributed by atoms with Gasteiger partial charge in [0.2, 0.25) is 0 Å². The summed E-state index contributed by atoms with van der Waals surface area (Å²) in [7, 11) is 0. The first kappa shape index (κ1) is 30.8. The molecule has 0 heterocycles. The molecule has 0 saturated heterocycles. The second kappa shape index (κ2) is 11.1. The van der Waals surface area contributed by atoms with Gasteiger partial charge in [-0.15, -0.1) is 0 Å². The summed E-state index contributed by atoms with van der Waals surface area (Å²) in [6, 6.07) is 25.4. The summed E-state index contributed by atoms with van der Waals surface area (Å²) in [5, 5.41) is 6.77. The van der Waals surface area contributed by atoms with Crippen LogP contribution in [0.15, 0.2) is 72.8 Å². The Morgan fingerprint density at radius 1 is 0.622 bits per heavy atom.